The summed E-state index contributed by atoms with van der Waals surface area (Å²) in [6.45, 7) is 4.34. The molecule has 0 N–H and O–H groups in total. The normalized spacial score (nSPS) is 13.8. The lowest BCUT2D eigenvalue weighted by Crippen LogP contribution is -2.50. The van der Waals surface area contributed by atoms with Gasteiger partial charge in [0.05, 0.1) is 6.54 Å². The lowest BCUT2D eigenvalue weighted by Gasteiger charge is -2.36. The van der Waals surface area contributed by atoms with Crippen LogP contribution < -0.4 is 38.5 Å². The molecule has 5 heterocycles. The van der Waals surface area contributed by atoms with Gasteiger partial charge in [-0.2, -0.15) is 0 Å². The van der Waals surface area contributed by atoms with Gasteiger partial charge in [0.25, 0.3) is 11.1 Å². The molecule has 1 atom stereocenters. The Balaban J connectivity index is 1.24. The van der Waals surface area contributed by atoms with Gasteiger partial charge in [0.15, 0.2) is 11.2 Å². The van der Waals surface area contributed by atoms with Crippen molar-refractivity contribution in [3.8, 4) is 0 Å². The SMILES string of the molecule is CCCCCCCCCCCCCCCC(=O)OC(CN1CCN(c2ccccn2)CC1)Cn1c(=O)c2c3oc(=O)ccc(=O)oc3c3oc(=O)ccc(=O)oc3c2c1=O. The summed E-state index contributed by atoms with van der Waals surface area (Å²) < 4.78 is 28.2. The number of benzene rings is 1. The van der Waals surface area contributed by atoms with Crippen LogP contribution in [0.1, 0.15) is 96.8 Å². The first-order valence-electron chi connectivity index (χ1n) is 21.0. The molecule has 16 nitrogen and oxygen atoms in total. The molecule has 1 aromatic carbocycles. The Morgan fingerprint density at radius 1 is 0.600 bits per heavy atom. The van der Waals surface area contributed by atoms with Gasteiger partial charge in [-0.05, 0) is 18.6 Å². The maximum Gasteiger partial charge on any atom is 0.336 e. The number of ether oxygens (including phenoxy) is 1. The van der Waals surface area contributed by atoms with Crippen molar-refractivity contribution in [1.29, 1.82) is 0 Å². The van der Waals surface area contributed by atoms with Crippen LogP contribution in [0.3, 0.4) is 0 Å². The van der Waals surface area contributed by atoms with Gasteiger partial charge in [0, 0.05) is 69.6 Å². The molecule has 5 aromatic rings. The fourth-order valence-electron chi connectivity index (χ4n) is 7.64. The van der Waals surface area contributed by atoms with E-state index >= 15 is 0 Å². The van der Waals surface area contributed by atoms with Crippen LogP contribution in [-0.4, -0.2) is 59.2 Å². The van der Waals surface area contributed by atoms with Crippen LogP contribution in [0.25, 0.3) is 33.1 Å². The molecule has 1 saturated heterocycles. The Morgan fingerprint density at radius 3 is 1.53 bits per heavy atom. The molecule has 1 fully saturated rings. The molecular weight excluding hydrogens is 777 g/mol. The van der Waals surface area contributed by atoms with Crippen LogP contribution >= 0.6 is 0 Å². The summed E-state index contributed by atoms with van der Waals surface area (Å²) in [4.78, 5) is 101. The minimum absolute atomic E-state index is 0.147. The molecule has 60 heavy (non-hydrogen) atoms. The van der Waals surface area contributed by atoms with Crippen LogP contribution in [0, 0.1) is 0 Å². The van der Waals surface area contributed by atoms with E-state index in [4.69, 9.17) is 22.4 Å². The van der Waals surface area contributed by atoms with Crippen molar-refractivity contribution in [2.45, 2.75) is 109 Å². The minimum atomic E-state index is -1.11. The number of carbonyl (C=O) groups is 1. The molecular formula is C44H52N4O12. The molecule has 0 radical (unpaired) electrons. The lowest BCUT2D eigenvalue weighted by atomic mass is 10.0. The third-order valence-corrected chi connectivity index (χ3v) is 10.7. The van der Waals surface area contributed by atoms with Gasteiger partial charge < -0.3 is 27.3 Å². The second-order valence-electron chi connectivity index (χ2n) is 15.2. The van der Waals surface area contributed by atoms with Crippen molar-refractivity contribution in [3.05, 3.63) is 111 Å². The number of hydrogen-bond acceptors (Lipinski definition) is 15. The Kier molecular flexibility index (Phi) is 15.6. The molecule has 1 aliphatic rings. The largest absolute Gasteiger partial charge is 0.459 e. The van der Waals surface area contributed by atoms with E-state index in [0.29, 0.717) is 32.6 Å². The van der Waals surface area contributed by atoms with Gasteiger partial charge in [0.2, 0.25) is 11.2 Å². The molecule has 1 unspecified atom stereocenters. The van der Waals surface area contributed by atoms with E-state index in [9.17, 15) is 33.6 Å². The van der Waals surface area contributed by atoms with Crippen molar-refractivity contribution in [2.24, 2.45) is 0 Å². The highest BCUT2D eigenvalue weighted by Gasteiger charge is 2.29. The topological polar surface area (TPSA) is 206 Å². The fraction of sp³-hybridized carbons (Fsp3) is 0.500. The predicted octanol–water partition coefficient (Wildman–Crippen LogP) is 5.65. The summed E-state index contributed by atoms with van der Waals surface area (Å²) >= 11 is 0. The first kappa shape index (κ1) is 43.7. The van der Waals surface area contributed by atoms with E-state index in [1.807, 2.05) is 18.2 Å². The van der Waals surface area contributed by atoms with Gasteiger partial charge in [0.1, 0.15) is 22.7 Å². The van der Waals surface area contributed by atoms with Crippen molar-refractivity contribution in [1.82, 2.24) is 14.5 Å². The highest BCUT2D eigenvalue weighted by molar-refractivity contribution is 6.17. The predicted molar refractivity (Wildman–Crippen MR) is 226 cm³/mol. The maximum atomic E-state index is 14.3. The molecule has 4 aromatic heterocycles. The number of esters is 1. The van der Waals surface area contributed by atoms with E-state index in [0.717, 1.165) is 53.9 Å². The van der Waals surface area contributed by atoms with E-state index < -0.39 is 85.3 Å². The summed E-state index contributed by atoms with van der Waals surface area (Å²) in [7, 11) is 0. The number of carbonyl (C=O) groups excluding carboxylic acids is 1. The van der Waals surface area contributed by atoms with Gasteiger partial charge in [-0.1, -0.05) is 90.0 Å². The number of aromatic nitrogens is 2. The summed E-state index contributed by atoms with van der Waals surface area (Å²) in [6, 6.07) is 8.67. The number of fused-ring (bicyclic) bond motifs is 6. The lowest BCUT2D eigenvalue weighted by molar-refractivity contribution is -0.151. The van der Waals surface area contributed by atoms with Crippen LogP contribution in [0.15, 0.2) is 95.1 Å². The zero-order valence-corrected chi connectivity index (χ0v) is 34.0. The van der Waals surface area contributed by atoms with Crippen LogP contribution in [0.2, 0.25) is 0 Å². The average molecular weight is 829 g/mol. The van der Waals surface area contributed by atoms with Crippen LogP contribution in [0.4, 0.5) is 5.82 Å². The maximum absolute atomic E-state index is 14.3. The van der Waals surface area contributed by atoms with Gasteiger partial charge in [-0.25, -0.2) is 24.2 Å². The Hall–Kier alpha value is -5.90. The zero-order chi connectivity index (χ0) is 42.4. The number of pyridine rings is 1. The second-order valence-corrected chi connectivity index (χ2v) is 15.2. The Labute approximate surface area is 344 Å². The Morgan fingerprint density at radius 2 is 1.07 bits per heavy atom. The third-order valence-electron chi connectivity index (χ3n) is 10.7. The highest BCUT2D eigenvalue weighted by Crippen LogP contribution is 2.29. The number of nitrogens with zero attached hydrogens (tertiary/aromatic N) is 4. The highest BCUT2D eigenvalue weighted by atomic mass is 16.5. The van der Waals surface area contributed by atoms with Crippen molar-refractivity contribution in [3.63, 3.8) is 0 Å². The van der Waals surface area contributed by atoms with Crippen molar-refractivity contribution in [2.75, 3.05) is 37.6 Å². The summed E-state index contributed by atoms with van der Waals surface area (Å²) in [5.74, 6) is 0.347. The van der Waals surface area contributed by atoms with Crippen molar-refractivity contribution < 1.29 is 27.2 Å². The molecule has 16 heteroatoms. The monoisotopic (exact) mass is 828 g/mol. The summed E-state index contributed by atoms with van der Waals surface area (Å²) in [5, 5.41) is -1.14. The number of hydrogen-bond donors (Lipinski definition) is 0. The molecule has 0 bridgehead atoms. The molecule has 1 aliphatic heterocycles. The number of piperazine rings is 1. The van der Waals surface area contributed by atoms with Gasteiger partial charge >= 0.3 is 28.5 Å². The van der Waals surface area contributed by atoms with Crippen LogP contribution in [-0.2, 0) is 16.1 Å². The molecule has 0 saturated carbocycles. The molecule has 0 amide bonds. The van der Waals surface area contributed by atoms with E-state index in [-0.39, 0.29) is 13.0 Å². The van der Waals surface area contributed by atoms with Crippen LogP contribution in [0.5, 0.6) is 0 Å². The quantitative estimate of drug-likeness (QED) is 0.0686. The van der Waals surface area contributed by atoms with Gasteiger partial charge in [-0.15, -0.1) is 0 Å². The summed E-state index contributed by atoms with van der Waals surface area (Å²) in [6.07, 6.45) is 15.9. The number of anilines is 1. The first-order chi connectivity index (χ1) is 29.1. The molecule has 0 aliphatic carbocycles. The first-order valence-corrected chi connectivity index (χ1v) is 21.0. The van der Waals surface area contributed by atoms with E-state index in [1.54, 1.807) is 6.20 Å². The minimum Gasteiger partial charge on any atom is -0.459 e. The zero-order valence-electron chi connectivity index (χ0n) is 34.0. The average Bonchev–Trinajstić information content (AvgIpc) is 3.47. The fourth-order valence-corrected chi connectivity index (χ4v) is 7.64. The molecule has 0 spiro atoms. The molecule has 320 valence electrons. The third kappa shape index (κ3) is 11.4. The number of rotatable bonds is 20. The summed E-state index contributed by atoms with van der Waals surface area (Å²) in [5.41, 5.74) is -9.29. The van der Waals surface area contributed by atoms with E-state index in [2.05, 4.69) is 21.7 Å². The number of unbranched alkanes of at least 4 members (excludes halogenated alkanes) is 12. The molecule has 6 rings (SSSR count). The smallest absolute Gasteiger partial charge is 0.336 e. The van der Waals surface area contributed by atoms with Crippen molar-refractivity contribution >= 4 is 44.9 Å². The van der Waals surface area contributed by atoms with Gasteiger partial charge in [-0.3, -0.25) is 23.9 Å². The Bertz CT molecular complexity index is 2520. The van der Waals surface area contributed by atoms with E-state index in [1.165, 1.54) is 57.8 Å². The second kappa shape index (κ2) is 21.4. The standard InChI is InChI=1S/C44H52N4O12/c1-2-3-4-5-6-7-8-9-10-11-12-13-14-18-32(49)56-30(28-46-24-26-47(27-25-46)31-17-15-16-23-45-31)29-48-43(54)37-38(44(48)55)40-42(60-36(53)22-20-34(51)58-40)41-39(37)57-33(50)19-21-35(52)59-41/h15-17,19-23,30H,2-14,18,24-29H2,1H3.